The summed E-state index contributed by atoms with van der Waals surface area (Å²) in [6.07, 6.45) is 8.92. The van der Waals surface area contributed by atoms with E-state index in [9.17, 15) is 0 Å². The zero-order valence-electron chi connectivity index (χ0n) is 10.6. The van der Waals surface area contributed by atoms with Crippen LogP contribution in [0.5, 0.6) is 0 Å². The summed E-state index contributed by atoms with van der Waals surface area (Å²) in [6, 6.07) is 0.262. The van der Waals surface area contributed by atoms with Gasteiger partial charge >= 0.3 is 0 Å². The van der Waals surface area contributed by atoms with Crippen LogP contribution in [0.2, 0.25) is 0 Å². The second-order valence-electron chi connectivity index (χ2n) is 4.86. The van der Waals surface area contributed by atoms with E-state index in [1.165, 1.54) is 12.8 Å². The van der Waals surface area contributed by atoms with Gasteiger partial charge in [0.2, 0.25) is 11.7 Å². The maximum absolute atomic E-state index is 6.12. The monoisotopic (exact) mass is 283 g/mol. The molecule has 104 valence electrons. The summed E-state index contributed by atoms with van der Waals surface area (Å²) >= 11 is 0. The van der Waals surface area contributed by atoms with Gasteiger partial charge in [-0.3, -0.25) is 0 Å². The van der Waals surface area contributed by atoms with Crippen molar-refractivity contribution >= 4 is 12.4 Å². The molecule has 2 atom stereocenters. The molecule has 7 heteroatoms. The molecule has 0 saturated heterocycles. The molecule has 3 N–H and O–H groups in total. The molecule has 1 aliphatic carbocycles. The Morgan fingerprint density at radius 1 is 1.37 bits per heavy atom. The summed E-state index contributed by atoms with van der Waals surface area (Å²) in [5.74, 6) is 2.27. The lowest BCUT2D eigenvalue weighted by Gasteiger charge is -2.27. The third kappa shape index (κ3) is 3.13. The van der Waals surface area contributed by atoms with Gasteiger partial charge in [0.05, 0.1) is 0 Å². The van der Waals surface area contributed by atoms with Crippen LogP contribution < -0.4 is 5.73 Å². The second-order valence-corrected chi connectivity index (χ2v) is 4.86. The first kappa shape index (κ1) is 14.0. The molecule has 1 fully saturated rings. The van der Waals surface area contributed by atoms with Gasteiger partial charge in [0.1, 0.15) is 0 Å². The lowest BCUT2D eigenvalue weighted by molar-refractivity contribution is 0.273. The lowest BCUT2D eigenvalue weighted by Crippen LogP contribution is -2.34. The van der Waals surface area contributed by atoms with Crippen LogP contribution in [0.25, 0.3) is 11.6 Å². The Morgan fingerprint density at radius 2 is 2.21 bits per heavy atom. The molecule has 1 saturated carbocycles. The third-order valence-corrected chi connectivity index (χ3v) is 3.58. The van der Waals surface area contributed by atoms with Crippen molar-refractivity contribution in [1.29, 1.82) is 0 Å². The maximum atomic E-state index is 6.12. The number of aromatic amines is 1. The number of nitrogens with zero attached hydrogens (tertiary/aromatic N) is 3. The fraction of sp³-hybridized carbons (Fsp3) is 0.583. The number of halogens is 1. The van der Waals surface area contributed by atoms with Gasteiger partial charge in [0.25, 0.3) is 0 Å². The standard InChI is InChI=1S/C12H17N5O.ClH/c13-9-4-2-1-3-8(9)7-10-16-12(17-18-10)11-14-5-6-15-11;/h5-6,8-9H,1-4,7,13H2,(H,14,15);1H. The third-order valence-electron chi connectivity index (χ3n) is 3.58. The Hall–Kier alpha value is -1.40. The average Bonchev–Trinajstić information content (AvgIpc) is 3.02. The van der Waals surface area contributed by atoms with Gasteiger partial charge in [-0.05, 0) is 18.8 Å². The van der Waals surface area contributed by atoms with Gasteiger partial charge < -0.3 is 15.2 Å². The largest absolute Gasteiger partial charge is 0.342 e. The Morgan fingerprint density at radius 3 is 2.95 bits per heavy atom. The quantitative estimate of drug-likeness (QED) is 0.898. The molecule has 19 heavy (non-hydrogen) atoms. The summed E-state index contributed by atoms with van der Waals surface area (Å²) < 4.78 is 5.26. The van der Waals surface area contributed by atoms with Crippen molar-refractivity contribution in [2.75, 3.05) is 0 Å². The highest BCUT2D eigenvalue weighted by atomic mass is 35.5. The average molecular weight is 284 g/mol. The molecule has 2 aromatic heterocycles. The van der Waals surface area contributed by atoms with E-state index in [2.05, 4.69) is 20.1 Å². The zero-order valence-corrected chi connectivity index (χ0v) is 11.4. The topological polar surface area (TPSA) is 93.6 Å². The predicted molar refractivity (Wildman–Crippen MR) is 72.8 cm³/mol. The second kappa shape index (κ2) is 6.16. The fourth-order valence-electron chi connectivity index (χ4n) is 2.54. The van der Waals surface area contributed by atoms with Crippen LogP contribution in [-0.2, 0) is 6.42 Å². The molecule has 2 heterocycles. The van der Waals surface area contributed by atoms with Crippen LogP contribution >= 0.6 is 12.4 Å². The first-order chi connectivity index (χ1) is 8.83. The molecule has 6 nitrogen and oxygen atoms in total. The van der Waals surface area contributed by atoms with Crippen LogP contribution in [0.4, 0.5) is 0 Å². The minimum atomic E-state index is 0. The Labute approximate surface area is 117 Å². The highest BCUT2D eigenvalue weighted by Crippen LogP contribution is 2.26. The molecule has 0 aliphatic heterocycles. The number of nitrogens with two attached hydrogens (primary N) is 1. The molecule has 2 unspecified atom stereocenters. The molecule has 0 amide bonds. The number of hydrogen-bond acceptors (Lipinski definition) is 5. The van der Waals surface area contributed by atoms with Crippen LogP contribution in [0.15, 0.2) is 16.9 Å². The van der Waals surface area contributed by atoms with Crippen molar-refractivity contribution < 1.29 is 4.52 Å². The number of H-pyrrole nitrogens is 1. The summed E-state index contributed by atoms with van der Waals surface area (Å²) in [6.45, 7) is 0. The van der Waals surface area contributed by atoms with E-state index < -0.39 is 0 Å². The van der Waals surface area contributed by atoms with E-state index in [4.69, 9.17) is 10.3 Å². The van der Waals surface area contributed by atoms with Crippen LogP contribution in [0.1, 0.15) is 31.6 Å². The van der Waals surface area contributed by atoms with E-state index in [-0.39, 0.29) is 18.4 Å². The molecule has 0 radical (unpaired) electrons. The molecule has 1 aliphatic rings. The van der Waals surface area contributed by atoms with Gasteiger partial charge in [-0.25, -0.2) is 4.98 Å². The van der Waals surface area contributed by atoms with Crippen molar-refractivity contribution in [3.05, 3.63) is 18.3 Å². The number of aromatic nitrogens is 4. The van der Waals surface area contributed by atoms with Crippen molar-refractivity contribution in [3.8, 4) is 11.6 Å². The molecule has 2 aromatic rings. The summed E-state index contributed by atoms with van der Waals surface area (Å²) in [7, 11) is 0. The molecule has 3 rings (SSSR count). The van der Waals surface area contributed by atoms with Crippen LogP contribution in [0.3, 0.4) is 0 Å². The molecule has 0 spiro atoms. The highest BCUT2D eigenvalue weighted by Gasteiger charge is 2.24. The summed E-state index contributed by atoms with van der Waals surface area (Å²) in [5, 5.41) is 3.93. The first-order valence-corrected chi connectivity index (χ1v) is 6.41. The van der Waals surface area contributed by atoms with Gasteiger partial charge in [0, 0.05) is 24.9 Å². The summed E-state index contributed by atoms with van der Waals surface area (Å²) in [5.41, 5.74) is 6.12. The molecular formula is C12H18ClN5O. The van der Waals surface area contributed by atoms with E-state index in [1.54, 1.807) is 12.4 Å². The SMILES string of the molecule is Cl.NC1CCCCC1Cc1nc(-c2ncc[nH]2)no1. The molecular weight excluding hydrogens is 266 g/mol. The number of rotatable bonds is 3. The number of imidazole rings is 1. The Bertz CT molecular complexity index is 498. The smallest absolute Gasteiger partial charge is 0.238 e. The number of hydrogen-bond donors (Lipinski definition) is 2. The van der Waals surface area contributed by atoms with Crippen molar-refractivity contribution in [3.63, 3.8) is 0 Å². The van der Waals surface area contributed by atoms with Gasteiger partial charge in [-0.1, -0.05) is 18.0 Å². The normalized spacial score (nSPS) is 23.0. The maximum Gasteiger partial charge on any atom is 0.238 e. The van der Waals surface area contributed by atoms with E-state index in [0.717, 1.165) is 19.3 Å². The Kier molecular flexibility index (Phi) is 4.55. The van der Waals surface area contributed by atoms with Crippen LogP contribution in [0, 0.1) is 5.92 Å². The first-order valence-electron chi connectivity index (χ1n) is 6.41. The fourth-order valence-corrected chi connectivity index (χ4v) is 2.54. The molecule has 0 bridgehead atoms. The highest BCUT2D eigenvalue weighted by molar-refractivity contribution is 5.85. The predicted octanol–water partition coefficient (Wildman–Crippen LogP) is 1.94. The van der Waals surface area contributed by atoms with Gasteiger partial charge in [0.15, 0.2) is 5.82 Å². The van der Waals surface area contributed by atoms with Crippen LogP contribution in [-0.4, -0.2) is 26.2 Å². The van der Waals surface area contributed by atoms with Crippen molar-refractivity contribution in [1.82, 2.24) is 20.1 Å². The number of nitrogens with one attached hydrogen (secondary N) is 1. The lowest BCUT2D eigenvalue weighted by atomic mass is 9.83. The van der Waals surface area contributed by atoms with Crippen molar-refractivity contribution in [2.45, 2.75) is 38.1 Å². The van der Waals surface area contributed by atoms with Crippen molar-refractivity contribution in [2.24, 2.45) is 11.7 Å². The minimum Gasteiger partial charge on any atom is -0.342 e. The minimum absolute atomic E-state index is 0. The van der Waals surface area contributed by atoms with E-state index in [0.29, 0.717) is 23.5 Å². The van der Waals surface area contributed by atoms with Gasteiger partial charge in [-0.2, -0.15) is 4.98 Å². The zero-order chi connectivity index (χ0) is 12.4. The summed E-state index contributed by atoms with van der Waals surface area (Å²) in [4.78, 5) is 11.4. The van der Waals surface area contributed by atoms with Gasteiger partial charge in [-0.15, -0.1) is 12.4 Å². The Balaban J connectivity index is 0.00000133. The molecule has 0 aromatic carbocycles. The van der Waals surface area contributed by atoms with E-state index in [1.807, 2.05) is 0 Å². The van der Waals surface area contributed by atoms with E-state index >= 15 is 0 Å².